The van der Waals surface area contributed by atoms with Gasteiger partial charge in [-0.25, -0.2) is 0 Å². The zero-order valence-corrected chi connectivity index (χ0v) is 24.7. The van der Waals surface area contributed by atoms with E-state index in [4.69, 9.17) is 11.5 Å². The van der Waals surface area contributed by atoms with Crippen LogP contribution in [0.5, 0.6) is 0 Å². The minimum absolute atomic E-state index is 0.0111. The molecule has 0 heterocycles. The highest BCUT2D eigenvalue weighted by Crippen LogP contribution is 2.17. The molecule has 0 fully saturated rings. The molecular formula is C31H62N4O2. The summed E-state index contributed by atoms with van der Waals surface area (Å²) >= 11 is 0. The summed E-state index contributed by atoms with van der Waals surface area (Å²) in [6.07, 6.45) is 26.3. The third-order valence-electron chi connectivity index (χ3n) is 7.24. The Labute approximate surface area is 229 Å². The summed E-state index contributed by atoms with van der Waals surface area (Å²) in [6.45, 7) is 5.68. The van der Waals surface area contributed by atoms with Crippen molar-refractivity contribution in [1.82, 2.24) is 5.32 Å². The molecule has 0 unspecified atom stereocenters. The number of nitrogens with one attached hydrogen (secondary N) is 1. The fourth-order valence-corrected chi connectivity index (χ4v) is 4.85. The molecular weight excluding hydrogens is 460 g/mol. The number of carbonyl (C=O) groups excluding carboxylic acids is 2. The average Bonchev–Trinajstić information content (AvgIpc) is 2.87. The molecule has 0 aromatic rings. The topological polar surface area (TPSA) is 111 Å². The number of rotatable bonds is 28. The number of carbonyl (C=O) groups is 2. The number of hydrogen-bond acceptors (Lipinski definition) is 3. The molecule has 6 nitrogen and oxygen atoms in total. The smallest absolute Gasteiger partial charge is 0.223 e. The average molecular weight is 523 g/mol. The van der Waals surface area contributed by atoms with E-state index in [0.29, 0.717) is 38.8 Å². The van der Waals surface area contributed by atoms with Crippen molar-refractivity contribution in [2.24, 2.45) is 22.4 Å². The Morgan fingerprint density at radius 1 is 0.649 bits per heavy atom. The van der Waals surface area contributed by atoms with E-state index in [-0.39, 0.29) is 23.6 Å². The van der Waals surface area contributed by atoms with E-state index in [1.165, 1.54) is 96.3 Å². The first-order valence-corrected chi connectivity index (χ1v) is 15.9. The molecule has 0 radical (unpaired) electrons. The fraction of sp³-hybridized carbons (Fsp3) is 0.903. The van der Waals surface area contributed by atoms with E-state index < -0.39 is 0 Å². The molecule has 0 aromatic heterocycles. The third-order valence-corrected chi connectivity index (χ3v) is 7.24. The lowest BCUT2D eigenvalue weighted by Crippen LogP contribution is -2.33. The van der Waals surface area contributed by atoms with Gasteiger partial charge in [0.2, 0.25) is 5.91 Å². The van der Waals surface area contributed by atoms with Crippen LogP contribution >= 0.6 is 0 Å². The minimum Gasteiger partial charge on any atom is -0.370 e. The minimum atomic E-state index is -0.274. The molecule has 1 amide bonds. The lowest BCUT2D eigenvalue weighted by Gasteiger charge is -2.16. The second kappa shape index (κ2) is 27.4. The number of aliphatic imine (C=N–C) groups is 1. The molecule has 0 saturated carbocycles. The largest absolute Gasteiger partial charge is 0.370 e. The van der Waals surface area contributed by atoms with E-state index in [1.807, 2.05) is 0 Å². The summed E-state index contributed by atoms with van der Waals surface area (Å²) in [6, 6.07) is 0. The van der Waals surface area contributed by atoms with Gasteiger partial charge < -0.3 is 16.8 Å². The van der Waals surface area contributed by atoms with Gasteiger partial charge in [0.05, 0.1) is 0 Å². The second-order valence-electron chi connectivity index (χ2n) is 10.9. The maximum absolute atomic E-state index is 12.8. The van der Waals surface area contributed by atoms with Gasteiger partial charge in [-0.15, -0.1) is 0 Å². The summed E-state index contributed by atoms with van der Waals surface area (Å²) in [7, 11) is 0. The van der Waals surface area contributed by atoms with Gasteiger partial charge >= 0.3 is 0 Å². The predicted molar refractivity (Wildman–Crippen MR) is 160 cm³/mol. The molecule has 1 atom stereocenters. The molecule has 5 N–H and O–H groups in total. The molecule has 218 valence electrons. The number of ketones is 1. The zero-order chi connectivity index (χ0) is 27.4. The molecule has 37 heavy (non-hydrogen) atoms. The summed E-state index contributed by atoms with van der Waals surface area (Å²) in [5.74, 6) is 0.0212. The molecule has 0 saturated heterocycles. The highest BCUT2D eigenvalue weighted by molar-refractivity contribution is 5.86. The van der Waals surface area contributed by atoms with Crippen LogP contribution in [-0.4, -0.2) is 30.7 Å². The van der Waals surface area contributed by atoms with Crippen LogP contribution in [0.1, 0.15) is 162 Å². The lowest BCUT2D eigenvalue weighted by molar-refractivity contribution is -0.129. The number of nitrogens with zero attached hydrogens (tertiary/aromatic N) is 1. The van der Waals surface area contributed by atoms with Crippen LogP contribution in [0, 0.1) is 5.92 Å². The summed E-state index contributed by atoms with van der Waals surface area (Å²) in [4.78, 5) is 29.4. The zero-order valence-electron chi connectivity index (χ0n) is 24.7. The quantitative estimate of drug-likeness (QED) is 0.0559. The van der Waals surface area contributed by atoms with E-state index in [1.54, 1.807) is 0 Å². The summed E-state index contributed by atoms with van der Waals surface area (Å²) in [5, 5.41) is 3.07. The van der Waals surface area contributed by atoms with Gasteiger partial charge in [0.1, 0.15) is 5.78 Å². The molecule has 0 aliphatic carbocycles. The van der Waals surface area contributed by atoms with E-state index in [9.17, 15) is 9.59 Å². The van der Waals surface area contributed by atoms with Gasteiger partial charge in [0.15, 0.2) is 5.96 Å². The van der Waals surface area contributed by atoms with Crippen molar-refractivity contribution in [3.63, 3.8) is 0 Å². The van der Waals surface area contributed by atoms with Crippen molar-refractivity contribution in [3.8, 4) is 0 Å². The maximum atomic E-state index is 12.8. The van der Waals surface area contributed by atoms with Crippen molar-refractivity contribution in [2.75, 3.05) is 13.1 Å². The molecule has 0 aliphatic rings. The fourth-order valence-electron chi connectivity index (χ4n) is 4.85. The Bertz CT molecular complexity index is 561. The van der Waals surface area contributed by atoms with Gasteiger partial charge in [-0.1, -0.05) is 123 Å². The van der Waals surface area contributed by atoms with Gasteiger partial charge in [-0.2, -0.15) is 0 Å². The predicted octanol–water partition coefficient (Wildman–Crippen LogP) is 7.57. The van der Waals surface area contributed by atoms with Crippen LogP contribution in [0.4, 0.5) is 0 Å². The van der Waals surface area contributed by atoms with Crippen LogP contribution in [0.25, 0.3) is 0 Å². The third kappa shape index (κ3) is 25.8. The van der Waals surface area contributed by atoms with Crippen molar-refractivity contribution >= 4 is 17.6 Å². The Morgan fingerprint density at radius 2 is 1.11 bits per heavy atom. The Balaban J connectivity index is 4.06. The highest BCUT2D eigenvalue weighted by Gasteiger charge is 2.21. The van der Waals surface area contributed by atoms with Gasteiger partial charge in [0, 0.05) is 31.8 Å². The normalized spacial score (nSPS) is 11.8. The number of nitrogens with two attached hydrogens (primary N) is 2. The second-order valence-corrected chi connectivity index (χ2v) is 10.9. The maximum Gasteiger partial charge on any atom is 0.223 e. The van der Waals surface area contributed by atoms with Crippen LogP contribution in [0.2, 0.25) is 0 Å². The van der Waals surface area contributed by atoms with Crippen LogP contribution in [0.15, 0.2) is 4.99 Å². The standard InChI is InChI=1S/C31H62N4O2/c1-3-5-7-9-11-12-13-14-15-16-17-18-20-24-29(36)27-28(23-22-26-35-31(32)33)30(37)34-25-21-19-10-8-6-4-2/h28H,3-27H2,1-2H3,(H,34,37)(H4,32,33,35)/t28-/m1/s1. The van der Waals surface area contributed by atoms with E-state index >= 15 is 0 Å². The van der Waals surface area contributed by atoms with Gasteiger partial charge in [0.25, 0.3) is 0 Å². The number of unbranched alkanes of at least 4 members (excludes halogenated alkanes) is 17. The first kappa shape index (κ1) is 35.4. The number of guanidine groups is 1. The molecule has 0 aromatic carbocycles. The van der Waals surface area contributed by atoms with Gasteiger partial charge in [-0.3, -0.25) is 14.6 Å². The van der Waals surface area contributed by atoms with Crippen LogP contribution in [-0.2, 0) is 9.59 Å². The molecule has 0 bridgehead atoms. The Kier molecular flexibility index (Phi) is 26.3. The summed E-state index contributed by atoms with van der Waals surface area (Å²) < 4.78 is 0. The van der Waals surface area contributed by atoms with Crippen LogP contribution < -0.4 is 16.8 Å². The number of amides is 1. The monoisotopic (exact) mass is 522 g/mol. The van der Waals surface area contributed by atoms with Crippen molar-refractivity contribution < 1.29 is 9.59 Å². The first-order chi connectivity index (χ1) is 18.0. The van der Waals surface area contributed by atoms with E-state index in [2.05, 4.69) is 24.2 Å². The van der Waals surface area contributed by atoms with Crippen molar-refractivity contribution in [3.05, 3.63) is 0 Å². The molecule has 0 spiro atoms. The Morgan fingerprint density at radius 3 is 1.59 bits per heavy atom. The number of Topliss-reactive ketones (excluding diaryl/α,β-unsaturated/α-hetero) is 1. The molecule has 0 aliphatic heterocycles. The van der Waals surface area contributed by atoms with Crippen molar-refractivity contribution in [1.29, 1.82) is 0 Å². The first-order valence-electron chi connectivity index (χ1n) is 15.9. The van der Waals surface area contributed by atoms with Crippen molar-refractivity contribution in [2.45, 2.75) is 162 Å². The number of hydrogen-bond donors (Lipinski definition) is 3. The SMILES string of the molecule is CCCCCCCCCCCCCCCC(=O)C[C@@H](CCCN=C(N)N)C(=O)NCCCCCCCC. The van der Waals surface area contributed by atoms with Crippen LogP contribution in [0.3, 0.4) is 0 Å². The molecule has 0 rings (SSSR count). The molecule has 6 heteroatoms. The Hall–Kier alpha value is -1.59. The lowest BCUT2D eigenvalue weighted by atomic mass is 9.93. The van der Waals surface area contributed by atoms with E-state index in [0.717, 1.165) is 25.7 Å². The highest BCUT2D eigenvalue weighted by atomic mass is 16.2. The van der Waals surface area contributed by atoms with Gasteiger partial charge in [-0.05, 0) is 25.7 Å². The summed E-state index contributed by atoms with van der Waals surface area (Å²) in [5.41, 5.74) is 10.8.